The Morgan fingerprint density at radius 2 is 1.92 bits per heavy atom. The minimum Gasteiger partial charge on any atom is -0.481 e. The van der Waals surface area contributed by atoms with Crippen molar-refractivity contribution in [2.24, 2.45) is 5.41 Å². The SMILES string of the molecule is CC(C)(CCNC(=O)c1cccc(S(=O)(=O)N2CCOCC2)c1)C(=O)O. The second kappa shape index (κ2) is 8.15. The Morgan fingerprint density at radius 3 is 2.54 bits per heavy atom. The first-order valence-electron chi connectivity index (χ1n) is 8.34. The molecule has 1 aliphatic rings. The van der Waals surface area contributed by atoms with Gasteiger partial charge in [-0.2, -0.15) is 4.31 Å². The van der Waals surface area contributed by atoms with Crippen LogP contribution in [0.5, 0.6) is 0 Å². The van der Waals surface area contributed by atoms with E-state index in [9.17, 15) is 18.0 Å². The molecule has 2 rings (SSSR count). The molecule has 0 radical (unpaired) electrons. The zero-order valence-electron chi connectivity index (χ0n) is 14.9. The third-order valence-electron chi connectivity index (χ3n) is 4.32. The number of benzene rings is 1. The van der Waals surface area contributed by atoms with E-state index >= 15 is 0 Å². The van der Waals surface area contributed by atoms with E-state index in [1.165, 1.54) is 28.6 Å². The number of morpholine rings is 1. The molecule has 0 unspecified atom stereocenters. The number of carboxylic acid groups (broad SMARTS) is 1. The summed E-state index contributed by atoms with van der Waals surface area (Å²) in [5.41, 5.74) is -0.734. The van der Waals surface area contributed by atoms with Crippen LogP contribution in [0.15, 0.2) is 29.2 Å². The molecule has 1 amide bonds. The van der Waals surface area contributed by atoms with Crippen molar-refractivity contribution in [1.29, 1.82) is 0 Å². The molecule has 1 heterocycles. The lowest BCUT2D eigenvalue weighted by molar-refractivity contribution is -0.147. The molecule has 1 fully saturated rings. The van der Waals surface area contributed by atoms with Gasteiger partial charge < -0.3 is 15.2 Å². The molecule has 0 saturated carbocycles. The maximum absolute atomic E-state index is 12.7. The van der Waals surface area contributed by atoms with E-state index in [1.54, 1.807) is 13.8 Å². The number of aliphatic carboxylic acids is 1. The molecule has 9 heteroatoms. The van der Waals surface area contributed by atoms with Crippen LogP contribution in [-0.4, -0.2) is 62.6 Å². The van der Waals surface area contributed by atoms with Crippen LogP contribution in [0.25, 0.3) is 0 Å². The minimum atomic E-state index is -3.68. The van der Waals surface area contributed by atoms with Gasteiger partial charge in [0.1, 0.15) is 0 Å². The smallest absolute Gasteiger partial charge is 0.309 e. The zero-order valence-corrected chi connectivity index (χ0v) is 15.7. The Morgan fingerprint density at radius 1 is 1.27 bits per heavy atom. The second-order valence-corrected chi connectivity index (χ2v) is 8.68. The largest absolute Gasteiger partial charge is 0.481 e. The van der Waals surface area contributed by atoms with Gasteiger partial charge in [-0.15, -0.1) is 0 Å². The number of nitrogens with one attached hydrogen (secondary N) is 1. The zero-order chi connectivity index (χ0) is 19.4. The van der Waals surface area contributed by atoms with Crippen molar-refractivity contribution < 1.29 is 27.9 Å². The number of sulfonamides is 1. The molecule has 1 saturated heterocycles. The number of carbonyl (C=O) groups excluding carboxylic acids is 1. The predicted octanol–water partition coefficient (Wildman–Crippen LogP) is 0.938. The predicted molar refractivity (Wildman–Crippen MR) is 94.4 cm³/mol. The van der Waals surface area contributed by atoms with Crippen LogP contribution < -0.4 is 5.32 Å². The van der Waals surface area contributed by atoms with Crippen molar-refractivity contribution in [2.75, 3.05) is 32.8 Å². The number of hydrogen-bond acceptors (Lipinski definition) is 5. The number of amides is 1. The van der Waals surface area contributed by atoms with Crippen LogP contribution >= 0.6 is 0 Å². The third-order valence-corrected chi connectivity index (χ3v) is 6.21. The van der Waals surface area contributed by atoms with E-state index in [4.69, 9.17) is 9.84 Å². The fourth-order valence-corrected chi connectivity index (χ4v) is 3.89. The summed E-state index contributed by atoms with van der Waals surface area (Å²) in [7, 11) is -3.68. The fourth-order valence-electron chi connectivity index (χ4n) is 2.43. The summed E-state index contributed by atoms with van der Waals surface area (Å²) in [5.74, 6) is -1.38. The molecule has 1 aromatic rings. The molecule has 2 N–H and O–H groups in total. The average Bonchev–Trinajstić information content (AvgIpc) is 2.62. The van der Waals surface area contributed by atoms with Gasteiger partial charge in [0.15, 0.2) is 0 Å². The van der Waals surface area contributed by atoms with E-state index in [1.807, 2.05) is 0 Å². The lowest BCUT2D eigenvalue weighted by Crippen LogP contribution is -2.40. The van der Waals surface area contributed by atoms with Gasteiger partial charge in [-0.3, -0.25) is 9.59 Å². The Kier molecular flexibility index (Phi) is 6.38. The van der Waals surface area contributed by atoms with Crippen molar-refractivity contribution in [2.45, 2.75) is 25.2 Å². The van der Waals surface area contributed by atoms with Gasteiger partial charge in [0, 0.05) is 25.2 Å². The molecular formula is C17H24N2O6S. The Hall–Kier alpha value is -1.97. The summed E-state index contributed by atoms with van der Waals surface area (Å²) >= 11 is 0. The van der Waals surface area contributed by atoms with Crippen LogP contribution in [-0.2, 0) is 19.6 Å². The highest BCUT2D eigenvalue weighted by molar-refractivity contribution is 7.89. The average molecular weight is 384 g/mol. The van der Waals surface area contributed by atoms with Crippen LogP contribution in [0.1, 0.15) is 30.6 Å². The maximum Gasteiger partial charge on any atom is 0.309 e. The van der Waals surface area contributed by atoms with Crippen molar-refractivity contribution in [3.63, 3.8) is 0 Å². The first kappa shape index (κ1) is 20.3. The molecule has 0 aliphatic carbocycles. The molecule has 144 valence electrons. The second-order valence-electron chi connectivity index (χ2n) is 6.74. The topological polar surface area (TPSA) is 113 Å². The van der Waals surface area contributed by atoms with Crippen molar-refractivity contribution in [1.82, 2.24) is 9.62 Å². The molecule has 1 aliphatic heterocycles. The van der Waals surface area contributed by atoms with Gasteiger partial charge in [-0.1, -0.05) is 6.07 Å². The van der Waals surface area contributed by atoms with Gasteiger partial charge in [0.25, 0.3) is 5.91 Å². The molecule has 0 atom stereocenters. The first-order chi connectivity index (χ1) is 12.1. The Labute approximate surface area is 153 Å². The lowest BCUT2D eigenvalue weighted by atomic mass is 9.90. The molecule has 0 spiro atoms. The van der Waals surface area contributed by atoms with E-state index < -0.39 is 27.3 Å². The van der Waals surface area contributed by atoms with Crippen LogP contribution in [0.3, 0.4) is 0 Å². The highest BCUT2D eigenvalue weighted by Crippen LogP contribution is 2.20. The van der Waals surface area contributed by atoms with Crippen molar-refractivity contribution >= 4 is 21.9 Å². The standard InChI is InChI=1S/C17H24N2O6S/c1-17(2,16(21)22)6-7-18-15(20)13-4-3-5-14(12-13)26(23,24)19-8-10-25-11-9-19/h3-5,12H,6-11H2,1-2H3,(H,18,20)(H,21,22). The molecule has 1 aromatic carbocycles. The van der Waals surface area contributed by atoms with Crippen LogP contribution in [0, 0.1) is 5.41 Å². The van der Waals surface area contributed by atoms with E-state index in [0.717, 1.165) is 0 Å². The number of nitrogens with zero attached hydrogens (tertiary/aromatic N) is 1. The molecule has 26 heavy (non-hydrogen) atoms. The highest BCUT2D eigenvalue weighted by Gasteiger charge is 2.28. The van der Waals surface area contributed by atoms with Gasteiger partial charge in [0.05, 0.1) is 23.5 Å². The Balaban J connectivity index is 2.06. The van der Waals surface area contributed by atoms with Gasteiger partial charge in [-0.25, -0.2) is 8.42 Å². The van der Waals surface area contributed by atoms with E-state index in [0.29, 0.717) is 13.2 Å². The number of carbonyl (C=O) groups is 2. The molecule has 0 aromatic heterocycles. The van der Waals surface area contributed by atoms with Crippen molar-refractivity contribution in [3.05, 3.63) is 29.8 Å². The lowest BCUT2D eigenvalue weighted by Gasteiger charge is -2.26. The van der Waals surface area contributed by atoms with Gasteiger partial charge in [-0.05, 0) is 38.5 Å². The van der Waals surface area contributed by atoms with Crippen LogP contribution in [0.2, 0.25) is 0 Å². The molecule has 8 nitrogen and oxygen atoms in total. The maximum atomic E-state index is 12.7. The normalized spacial score (nSPS) is 16.2. The summed E-state index contributed by atoms with van der Waals surface area (Å²) in [6.07, 6.45) is 0.264. The minimum absolute atomic E-state index is 0.0536. The van der Waals surface area contributed by atoms with E-state index in [2.05, 4.69) is 5.32 Å². The van der Waals surface area contributed by atoms with Crippen molar-refractivity contribution in [3.8, 4) is 0 Å². The monoisotopic (exact) mass is 384 g/mol. The van der Waals surface area contributed by atoms with Gasteiger partial charge in [0.2, 0.25) is 10.0 Å². The summed E-state index contributed by atoms with van der Waals surface area (Å²) in [6, 6.07) is 5.83. The first-order valence-corrected chi connectivity index (χ1v) is 9.78. The number of hydrogen-bond donors (Lipinski definition) is 2. The summed E-state index contributed by atoms with van der Waals surface area (Å²) in [5, 5.41) is 11.7. The number of carboxylic acids is 1. The quantitative estimate of drug-likeness (QED) is 0.723. The summed E-state index contributed by atoms with van der Waals surface area (Å²) < 4.78 is 31.8. The highest BCUT2D eigenvalue weighted by atomic mass is 32.2. The van der Waals surface area contributed by atoms with Gasteiger partial charge >= 0.3 is 5.97 Å². The Bertz CT molecular complexity index is 769. The molecule has 0 bridgehead atoms. The number of rotatable bonds is 7. The fraction of sp³-hybridized carbons (Fsp3) is 0.529. The summed E-state index contributed by atoms with van der Waals surface area (Å²) in [6.45, 7) is 4.59. The van der Waals surface area contributed by atoms with E-state index in [-0.39, 0.29) is 36.5 Å². The molecular weight excluding hydrogens is 360 g/mol. The summed E-state index contributed by atoms with van der Waals surface area (Å²) in [4.78, 5) is 23.4. The van der Waals surface area contributed by atoms with Crippen LogP contribution in [0.4, 0.5) is 0 Å². The third kappa shape index (κ3) is 4.80. The number of ether oxygens (including phenoxy) is 1.